The lowest BCUT2D eigenvalue weighted by atomic mass is 9.64. The van der Waals surface area contributed by atoms with Crippen LogP contribution in [0.4, 0.5) is 0 Å². The van der Waals surface area contributed by atoms with Gasteiger partial charge in [-0.1, -0.05) is 12.9 Å². The van der Waals surface area contributed by atoms with Crippen LogP contribution in [-0.4, -0.2) is 54.7 Å². The number of benzene rings is 2. The van der Waals surface area contributed by atoms with Gasteiger partial charge >= 0.3 is 6.92 Å². The van der Waals surface area contributed by atoms with Gasteiger partial charge in [0, 0.05) is 38.7 Å². The first-order valence-corrected chi connectivity index (χ1v) is 9.58. The molecule has 0 saturated carbocycles. The largest absolute Gasteiger partial charge is 0.457 e. The van der Waals surface area contributed by atoms with Crippen LogP contribution in [0.3, 0.4) is 0 Å². The van der Waals surface area contributed by atoms with Crippen molar-refractivity contribution in [2.45, 2.75) is 20.4 Å². The van der Waals surface area contributed by atoms with Gasteiger partial charge < -0.3 is 19.2 Å². The molecule has 0 atom stereocenters. The first-order chi connectivity index (χ1) is 13.5. The summed E-state index contributed by atoms with van der Waals surface area (Å²) in [6.45, 7) is 6.64. The van der Waals surface area contributed by atoms with Crippen molar-refractivity contribution in [3.05, 3.63) is 53.6 Å². The van der Waals surface area contributed by atoms with Crippen molar-refractivity contribution >= 4 is 24.2 Å². The van der Waals surface area contributed by atoms with Crippen LogP contribution in [0, 0.1) is 0 Å². The number of rotatable bonds is 3. The Labute approximate surface area is 165 Å². The van der Waals surface area contributed by atoms with Crippen molar-refractivity contribution in [3.63, 3.8) is 0 Å². The second-order valence-corrected chi connectivity index (χ2v) is 7.24. The van der Waals surface area contributed by atoms with Crippen molar-refractivity contribution in [2.75, 3.05) is 26.2 Å². The summed E-state index contributed by atoms with van der Waals surface area (Å²) in [5.41, 5.74) is 2.99. The van der Waals surface area contributed by atoms with E-state index in [0.717, 1.165) is 11.3 Å². The molecule has 0 N–H and O–H groups in total. The van der Waals surface area contributed by atoms with E-state index in [-0.39, 0.29) is 18.7 Å². The summed E-state index contributed by atoms with van der Waals surface area (Å²) in [6.07, 6.45) is 0. The predicted molar refractivity (Wildman–Crippen MR) is 107 cm³/mol. The van der Waals surface area contributed by atoms with E-state index >= 15 is 0 Å². The number of carbonyl (C=O) groups is 2. The van der Waals surface area contributed by atoms with Crippen molar-refractivity contribution in [3.8, 4) is 11.5 Å². The summed E-state index contributed by atoms with van der Waals surface area (Å²) in [5, 5.41) is 0. The smallest absolute Gasteiger partial charge is 0.324 e. The fourth-order valence-electron chi connectivity index (χ4n) is 3.68. The highest BCUT2D eigenvalue weighted by molar-refractivity contribution is 6.67. The maximum absolute atomic E-state index is 12.7. The van der Waals surface area contributed by atoms with E-state index < -0.39 is 0 Å². The molecule has 1 fully saturated rings. The van der Waals surface area contributed by atoms with Crippen molar-refractivity contribution in [2.24, 2.45) is 0 Å². The third kappa shape index (κ3) is 3.75. The summed E-state index contributed by atoms with van der Waals surface area (Å²) in [7, 11) is 0. The number of piperazine rings is 1. The zero-order valence-corrected chi connectivity index (χ0v) is 16.2. The highest BCUT2D eigenvalue weighted by Gasteiger charge is 2.24. The Balaban J connectivity index is 1.39. The Morgan fingerprint density at radius 2 is 1.61 bits per heavy atom. The zero-order chi connectivity index (χ0) is 19.7. The minimum Gasteiger partial charge on any atom is -0.457 e. The summed E-state index contributed by atoms with van der Waals surface area (Å²) in [5.74, 6) is 1.49. The van der Waals surface area contributed by atoms with E-state index in [4.69, 9.17) is 9.39 Å². The van der Waals surface area contributed by atoms with Crippen molar-refractivity contribution in [1.82, 2.24) is 9.80 Å². The number of hydrogen-bond donors (Lipinski definition) is 0. The van der Waals surface area contributed by atoms with Gasteiger partial charge in [-0.2, -0.15) is 0 Å². The van der Waals surface area contributed by atoms with E-state index in [1.165, 1.54) is 5.46 Å². The maximum Gasteiger partial charge on any atom is 0.324 e. The second kappa shape index (κ2) is 7.68. The summed E-state index contributed by atoms with van der Waals surface area (Å²) < 4.78 is 11.6. The molecule has 6 nitrogen and oxygen atoms in total. The predicted octanol–water partition coefficient (Wildman–Crippen LogP) is 2.14. The van der Waals surface area contributed by atoms with Crippen LogP contribution in [0.2, 0.25) is 6.82 Å². The number of hydrogen-bond acceptors (Lipinski definition) is 4. The number of amides is 2. The molecular weight excluding hydrogens is 355 g/mol. The van der Waals surface area contributed by atoms with Gasteiger partial charge in [-0.25, -0.2) is 0 Å². The first-order valence-electron chi connectivity index (χ1n) is 9.58. The average molecular weight is 378 g/mol. The molecule has 0 radical (unpaired) electrons. The molecular formula is C21H23BN2O4. The van der Waals surface area contributed by atoms with E-state index in [9.17, 15) is 9.59 Å². The molecule has 1 saturated heterocycles. The molecule has 2 aromatic carbocycles. The number of nitrogens with zero attached hydrogens (tertiary/aromatic N) is 2. The SMILES string of the molecule is CB1OCc2cc(Oc3ccc(C(=O)N4CCN(C(C)=O)CC4)cc3)ccc21. The zero-order valence-electron chi connectivity index (χ0n) is 16.2. The summed E-state index contributed by atoms with van der Waals surface area (Å²) in [4.78, 5) is 27.6. The van der Waals surface area contributed by atoms with Gasteiger partial charge in [0.05, 0.1) is 6.61 Å². The minimum atomic E-state index is -0.0154. The Hall–Kier alpha value is -2.80. The van der Waals surface area contributed by atoms with Crippen LogP contribution in [0.1, 0.15) is 22.8 Å². The van der Waals surface area contributed by atoms with Crippen LogP contribution in [-0.2, 0) is 16.1 Å². The normalized spacial score (nSPS) is 16.1. The van der Waals surface area contributed by atoms with Gasteiger partial charge in [-0.05, 0) is 47.4 Å². The van der Waals surface area contributed by atoms with Crippen molar-refractivity contribution < 1.29 is 19.0 Å². The third-order valence-electron chi connectivity index (χ3n) is 5.39. The van der Waals surface area contributed by atoms with E-state index in [2.05, 4.69) is 0 Å². The minimum absolute atomic E-state index is 0.0154. The Morgan fingerprint density at radius 3 is 2.29 bits per heavy atom. The quantitative estimate of drug-likeness (QED) is 0.768. The van der Waals surface area contributed by atoms with Crippen LogP contribution in [0.25, 0.3) is 0 Å². The Bertz CT molecular complexity index is 892. The number of carbonyl (C=O) groups excluding carboxylic acids is 2. The van der Waals surface area contributed by atoms with E-state index in [1.54, 1.807) is 28.9 Å². The monoisotopic (exact) mass is 378 g/mol. The summed E-state index contributed by atoms with van der Waals surface area (Å²) in [6, 6.07) is 13.2. The fraction of sp³-hybridized carbons (Fsp3) is 0.333. The van der Waals surface area contributed by atoms with Crippen molar-refractivity contribution in [1.29, 1.82) is 0 Å². The lowest BCUT2D eigenvalue weighted by molar-refractivity contribution is -0.130. The van der Waals surface area contributed by atoms with Crippen LogP contribution < -0.4 is 10.2 Å². The molecule has 2 aliphatic heterocycles. The van der Waals surface area contributed by atoms with E-state index in [0.29, 0.717) is 44.1 Å². The van der Waals surface area contributed by atoms with Crippen LogP contribution >= 0.6 is 0 Å². The molecule has 0 aliphatic carbocycles. The van der Waals surface area contributed by atoms with Gasteiger partial charge in [0.1, 0.15) is 11.5 Å². The molecule has 2 heterocycles. The molecule has 0 unspecified atom stereocenters. The van der Waals surface area contributed by atoms with Gasteiger partial charge in [-0.3, -0.25) is 9.59 Å². The van der Waals surface area contributed by atoms with Gasteiger partial charge in [0.25, 0.3) is 5.91 Å². The topological polar surface area (TPSA) is 59.1 Å². The Kier molecular flexibility index (Phi) is 5.09. The Morgan fingerprint density at radius 1 is 0.964 bits per heavy atom. The average Bonchev–Trinajstić information content (AvgIpc) is 3.08. The third-order valence-corrected chi connectivity index (χ3v) is 5.39. The lowest BCUT2D eigenvalue weighted by Gasteiger charge is -2.34. The molecule has 2 aliphatic rings. The second-order valence-electron chi connectivity index (χ2n) is 7.24. The molecule has 4 rings (SSSR count). The molecule has 28 heavy (non-hydrogen) atoms. The van der Waals surface area contributed by atoms with Gasteiger partial charge in [0.15, 0.2) is 0 Å². The van der Waals surface area contributed by atoms with E-state index in [1.807, 2.05) is 37.2 Å². The summed E-state index contributed by atoms with van der Waals surface area (Å²) >= 11 is 0. The molecule has 2 aromatic rings. The molecule has 0 aromatic heterocycles. The maximum atomic E-state index is 12.7. The number of ether oxygens (including phenoxy) is 1. The van der Waals surface area contributed by atoms with Crippen LogP contribution in [0.15, 0.2) is 42.5 Å². The number of fused-ring (bicyclic) bond motifs is 1. The van der Waals surface area contributed by atoms with Crippen LogP contribution in [0.5, 0.6) is 11.5 Å². The van der Waals surface area contributed by atoms with Gasteiger partial charge in [-0.15, -0.1) is 0 Å². The highest BCUT2D eigenvalue weighted by atomic mass is 16.5. The fourth-order valence-corrected chi connectivity index (χ4v) is 3.68. The standard InChI is InChI=1S/C21H23BN2O4/c1-15(25)23-9-11-24(12-10-23)21(26)16-3-5-18(6-4-16)28-19-7-8-20-17(13-19)14-27-22(20)2/h3-8,13H,9-12,14H2,1-2H3. The highest BCUT2D eigenvalue weighted by Crippen LogP contribution is 2.24. The molecule has 0 spiro atoms. The lowest BCUT2D eigenvalue weighted by Crippen LogP contribution is -2.50. The molecule has 2 amide bonds. The molecule has 7 heteroatoms. The van der Waals surface area contributed by atoms with Gasteiger partial charge in [0.2, 0.25) is 5.91 Å². The molecule has 0 bridgehead atoms. The molecule has 144 valence electrons. The first kappa shape index (κ1) is 18.6.